The fraction of sp³-hybridized carbons (Fsp3) is 0.909. The van der Waals surface area contributed by atoms with E-state index in [9.17, 15) is 13.2 Å². The largest absolute Gasteiger partial charge is 0.339 e. The number of piperazine rings is 1. The van der Waals surface area contributed by atoms with Crippen LogP contribution in [0, 0.1) is 0 Å². The molecule has 19 heavy (non-hydrogen) atoms. The average molecular weight is 307 g/mol. The summed E-state index contributed by atoms with van der Waals surface area (Å²) in [6.45, 7) is 3.72. The van der Waals surface area contributed by atoms with Gasteiger partial charge < -0.3 is 4.90 Å². The number of carbonyl (C=O) groups excluding carboxylic acids is 1. The number of carbonyl (C=O) groups is 1. The van der Waals surface area contributed by atoms with E-state index >= 15 is 0 Å². The van der Waals surface area contributed by atoms with E-state index in [-0.39, 0.29) is 17.7 Å². The Kier molecular flexibility index (Phi) is 5.10. The first-order chi connectivity index (χ1) is 9.04. The summed E-state index contributed by atoms with van der Waals surface area (Å²) in [6, 6.07) is -0.0937. The van der Waals surface area contributed by atoms with Crippen molar-refractivity contribution in [2.45, 2.75) is 19.4 Å². The van der Waals surface area contributed by atoms with Crippen LogP contribution in [0.1, 0.15) is 13.3 Å². The molecule has 8 heteroatoms. The Morgan fingerprint density at radius 2 is 2.00 bits per heavy atom. The Labute approximate surface area is 118 Å². The van der Waals surface area contributed by atoms with Crippen LogP contribution in [0.3, 0.4) is 0 Å². The lowest BCUT2D eigenvalue weighted by atomic mass is 10.2. The molecule has 0 spiro atoms. The molecule has 0 saturated carbocycles. The van der Waals surface area contributed by atoms with Crippen LogP contribution in [0.4, 0.5) is 0 Å². The maximum atomic E-state index is 12.2. The summed E-state index contributed by atoms with van der Waals surface area (Å²) < 4.78 is 25.4. The molecule has 1 amide bonds. The number of thioether (sulfide) groups is 1. The van der Waals surface area contributed by atoms with E-state index in [1.165, 1.54) is 4.31 Å². The van der Waals surface area contributed by atoms with Crippen molar-refractivity contribution in [1.29, 1.82) is 0 Å². The highest BCUT2D eigenvalue weighted by Crippen LogP contribution is 2.14. The summed E-state index contributed by atoms with van der Waals surface area (Å²) in [6.07, 6.45) is 0.630. The van der Waals surface area contributed by atoms with Crippen LogP contribution >= 0.6 is 11.8 Å². The minimum atomic E-state index is -3.13. The van der Waals surface area contributed by atoms with Gasteiger partial charge in [-0.05, 0) is 6.42 Å². The van der Waals surface area contributed by atoms with Gasteiger partial charge in [0.2, 0.25) is 15.9 Å². The Balaban J connectivity index is 1.87. The van der Waals surface area contributed by atoms with E-state index in [1.807, 2.05) is 6.92 Å². The van der Waals surface area contributed by atoms with Crippen LogP contribution in [-0.4, -0.2) is 73.1 Å². The van der Waals surface area contributed by atoms with Gasteiger partial charge >= 0.3 is 0 Å². The lowest BCUT2D eigenvalue weighted by Crippen LogP contribution is -2.54. The lowest BCUT2D eigenvalue weighted by Gasteiger charge is -2.35. The molecule has 110 valence electrons. The predicted molar refractivity (Wildman–Crippen MR) is 76.5 cm³/mol. The van der Waals surface area contributed by atoms with Crippen LogP contribution in [0.5, 0.6) is 0 Å². The smallest absolute Gasteiger partial charge is 0.240 e. The average Bonchev–Trinajstić information content (AvgIpc) is 2.92. The number of sulfonamides is 1. The van der Waals surface area contributed by atoms with E-state index in [2.05, 4.69) is 5.32 Å². The van der Waals surface area contributed by atoms with Gasteiger partial charge in [-0.25, -0.2) is 8.42 Å². The topological polar surface area (TPSA) is 69.7 Å². The summed E-state index contributed by atoms with van der Waals surface area (Å²) in [7, 11) is -3.13. The molecule has 2 heterocycles. The third-order valence-electron chi connectivity index (χ3n) is 3.42. The van der Waals surface area contributed by atoms with E-state index in [1.54, 1.807) is 16.7 Å². The third kappa shape index (κ3) is 3.62. The summed E-state index contributed by atoms with van der Waals surface area (Å²) in [5.41, 5.74) is 0. The highest BCUT2D eigenvalue weighted by Gasteiger charge is 2.32. The summed E-state index contributed by atoms with van der Waals surface area (Å²) in [5, 5.41) is 3.16. The molecule has 0 aromatic heterocycles. The molecular weight excluding hydrogens is 286 g/mol. The molecular formula is C11H21N3O3S2. The summed E-state index contributed by atoms with van der Waals surface area (Å²) >= 11 is 1.72. The zero-order valence-corrected chi connectivity index (χ0v) is 12.8. The Bertz CT molecular complexity index is 413. The normalized spacial score (nSPS) is 25.7. The molecule has 0 aliphatic carbocycles. The molecule has 1 N–H and O–H groups in total. The van der Waals surface area contributed by atoms with Crippen molar-refractivity contribution in [2.75, 3.05) is 43.6 Å². The van der Waals surface area contributed by atoms with Crippen molar-refractivity contribution in [1.82, 2.24) is 14.5 Å². The van der Waals surface area contributed by atoms with Crippen molar-refractivity contribution in [3.63, 3.8) is 0 Å². The first-order valence-electron chi connectivity index (χ1n) is 6.62. The molecule has 2 rings (SSSR count). The zero-order chi connectivity index (χ0) is 13.9. The summed E-state index contributed by atoms with van der Waals surface area (Å²) in [4.78, 5) is 13.9. The van der Waals surface area contributed by atoms with Gasteiger partial charge in [0.25, 0.3) is 0 Å². The second kappa shape index (κ2) is 6.43. The third-order valence-corrected chi connectivity index (χ3v) is 6.44. The van der Waals surface area contributed by atoms with Crippen LogP contribution in [0.15, 0.2) is 0 Å². The SMILES string of the molecule is CCCS(=O)(=O)N1CCN(C(=O)C2CSCN2)CC1. The maximum Gasteiger partial charge on any atom is 0.240 e. The van der Waals surface area contributed by atoms with Crippen molar-refractivity contribution >= 4 is 27.7 Å². The van der Waals surface area contributed by atoms with Gasteiger partial charge in [-0.2, -0.15) is 4.31 Å². The molecule has 0 bridgehead atoms. The molecule has 0 aromatic rings. The van der Waals surface area contributed by atoms with Gasteiger partial charge in [-0.1, -0.05) is 6.92 Å². The van der Waals surface area contributed by atoms with Gasteiger partial charge in [-0.3, -0.25) is 10.1 Å². The van der Waals surface area contributed by atoms with Crippen molar-refractivity contribution < 1.29 is 13.2 Å². The molecule has 6 nitrogen and oxygen atoms in total. The molecule has 0 radical (unpaired) electrons. The van der Waals surface area contributed by atoms with Gasteiger partial charge in [-0.15, -0.1) is 11.8 Å². The fourth-order valence-electron chi connectivity index (χ4n) is 2.35. The van der Waals surface area contributed by atoms with E-state index < -0.39 is 10.0 Å². The fourth-order valence-corrected chi connectivity index (χ4v) is 4.77. The van der Waals surface area contributed by atoms with Gasteiger partial charge in [0.05, 0.1) is 11.8 Å². The minimum absolute atomic E-state index is 0.0937. The summed E-state index contributed by atoms with van der Waals surface area (Å²) in [5.74, 6) is 1.94. The first-order valence-corrected chi connectivity index (χ1v) is 9.38. The molecule has 1 unspecified atom stereocenters. The van der Waals surface area contributed by atoms with Gasteiger partial charge in [0.15, 0.2) is 0 Å². The number of hydrogen-bond acceptors (Lipinski definition) is 5. The van der Waals surface area contributed by atoms with Crippen LogP contribution in [-0.2, 0) is 14.8 Å². The number of rotatable bonds is 4. The molecule has 2 aliphatic heterocycles. The second-order valence-electron chi connectivity index (χ2n) is 4.81. The zero-order valence-electron chi connectivity index (χ0n) is 11.2. The van der Waals surface area contributed by atoms with E-state index in [0.29, 0.717) is 32.6 Å². The monoisotopic (exact) mass is 307 g/mol. The van der Waals surface area contributed by atoms with Crippen molar-refractivity contribution in [3.8, 4) is 0 Å². The molecule has 2 aliphatic rings. The van der Waals surface area contributed by atoms with E-state index in [4.69, 9.17) is 0 Å². The Morgan fingerprint density at radius 1 is 1.32 bits per heavy atom. The minimum Gasteiger partial charge on any atom is -0.339 e. The Hall–Kier alpha value is -0.310. The highest BCUT2D eigenvalue weighted by atomic mass is 32.2. The molecule has 1 atom stereocenters. The van der Waals surface area contributed by atoms with Crippen LogP contribution < -0.4 is 5.32 Å². The van der Waals surface area contributed by atoms with Gasteiger partial charge in [0.1, 0.15) is 0 Å². The van der Waals surface area contributed by atoms with Crippen LogP contribution in [0.2, 0.25) is 0 Å². The first kappa shape index (κ1) is 15.1. The van der Waals surface area contributed by atoms with Gasteiger partial charge in [0, 0.05) is 37.8 Å². The lowest BCUT2D eigenvalue weighted by molar-refractivity contribution is -0.133. The maximum absolute atomic E-state index is 12.2. The van der Waals surface area contributed by atoms with E-state index in [0.717, 1.165) is 11.6 Å². The molecule has 2 fully saturated rings. The predicted octanol–water partition coefficient (Wildman–Crippen LogP) is -0.467. The quantitative estimate of drug-likeness (QED) is 0.761. The van der Waals surface area contributed by atoms with Crippen molar-refractivity contribution in [2.24, 2.45) is 0 Å². The van der Waals surface area contributed by atoms with Crippen LogP contribution in [0.25, 0.3) is 0 Å². The standard InChI is InChI=1S/C11H21N3O3S2/c1-2-7-19(16,17)14-5-3-13(4-6-14)11(15)10-8-18-9-12-10/h10,12H,2-9H2,1H3. The Morgan fingerprint density at radius 3 is 2.53 bits per heavy atom. The number of amides is 1. The molecule has 0 aromatic carbocycles. The van der Waals surface area contributed by atoms with Crippen molar-refractivity contribution in [3.05, 3.63) is 0 Å². The molecule has 2 saturated heterocycles. The number of nitrogens with zero attached hydrogens (tertiary/aromatic N) is 2. The number of nitrogens with one attached hydrogen (secondary N) is 1. The second-order valence-corrected chi connectivity index (χ2v) is 7.93. The highest BCUT2D eigenvalue weighted by molar-refractivity contribution is 7.99. The number of hydrogen-bond donors (Lipinski definition) is 1.